The van der Waals surface area contributed by atoms with Gasteiger partial charge in [-0.2, -0.15) is 5.10 Å². The number of hydrogen-bond donors (Lipinski definition) is 1. The third-order valence-electron chi connectivity index (χ3n) is 5.43. The van der Waals surface area contributed by atoms with E-state index in [2.05, 4.69) is 10.2 Å². The van der Waals surface area contributed by atoms with Gasteiger partial charge in [0.05, 0.1) is 17.5 Å². The summed E-state index contributed by atoms with van der Waals surface area (Å²) in [6.07, 6.45) is 1.55. The number of carbonyl (C=O) groups excluding carboxylic acids is 2. The number of benzene rings is 2. The first-order chi connectivity index (χ1) is 14.0. The van der Waals surface area contributed by atoms with E-state index in [1.165, 1.54) is 0 Å². The van der Waals surface area contributed by atoms with Crippen molar-refractivity contribution >= 4 is 17.5 Å². The van der Waals surface area contributed by atoms with Crippen LogP contribution in [-0.4, -0.2) is 46.0 Å². The number of piperazine rings is 1. The second-order valence-corrected chi connectivity index (χ2v) is 7.60. The van der Waals surface area contributed by atoms with Crippen molar-refractivity contribution in [2.24, 2.45) is 0 Å². The lowest BCUT2D eigenvalue weighted by atomic mass is 10.0. The number of nitrogens with zero attached hydrogens (tertiary/aromatic N) is 3. The Morgan fingerprint density at radius 3 is 2.69 bits per heavy atom. The summed E-state index contributed by atoms with van der Waals surface area (Å²) in [5.74, 6) is -0.258. The molecule has 0 bridgehead atoms. The molecular formula is C23H24N4O2. The smallest absolute Gasteiger partial charge is 0.258 e. The molecule has 0 radical (unpaired) electrons. The Morgan fingerprint density at radius 2 is 1.93 bits per heavy atom. The molecular weight excluding hydrogens is 364 g/mol. The van der Waals surface area contributed by atoms with Crippen LogP contribution >= 0.6 is 0 Å². The molecule has 29 heavy (non-hydrogen) atoms. The number of carbonyl (C=O) groups is 2. The number of amides is 2. The lowest BCUT2D eigenvalue weighted by Gasteiger charge is -2.39. The van der Waals surface area contributed by atoms with Crippen LogP contribution in [0.1, 0.15) is 28.4 Å². The summed E-state index contributed by atoms with van der Waals surface area (Å²) in [7, 11) is 0. The fraction of sp³-hybridized carbons (Fsp3) is 0.261. The van der Waals surface area contributed by atoms with E-state index in [0.29, 0.717) is 17.8 Å². The molecule has 2 amide bonds. The molecule has 2 heterocycles. The van der Waals surface area contributed by atoms with E-state index in [4.69, 9.17) is 0 Å². The van der Waals surface area contributed by atoms with Crippen molar-refractivity contribution < 1.29 is 9.59 Å². The predicted molar refractivity (Wildman–Crippen MR) is 113 cm³/mol. The molecule has 1 atom stereocenters. The highest BCUT2D eigenvalue weighted by Crippen LogP contribution is 2.27. The third-order valence-corrected chi connectivity index (χ3v) is 5.43. The van der Waals surface area contributed by atoms with E-state index in [0.717, 1.165) is 22.4 Å². The number of aromatic amines is 1. The topological polar surface area (TPSA) is 69.3 Å². The van der Waals surface area contributed by atoms with Gasteiger partial charge in [-0.1, -0.05) is 42.0 Å². The van der Waals surface area contributed by atoms with Gasteiger partial charge < -0.3 is 9.80 Å². The summed E-state index contributed by atoms with van der Waals surface area (Å²) < 4.78 is 0. The van der Waals surface area contributed by atoms with Gasteiger partial charge in [0.25, 0.3) is 5.91 Å². The van der Waals surface area contributed by atoms with E-state index >= 15 is 0 Å². The van der Waals surface area contributed by atoms with Crippen LogP contribution in [0.5, 0.6) is 0 Å². The van der Waals surface area contributed by atoms with Crippen molar-refractivity contribution in [1.82, 2.24) is 15.1 Å². The molecule has 6 heteroatoms. The second kappa shape index (κ2) is 7.54. The summed E-state index contributed by atoms with van der Waals surface area (Å²) in [6.45, 7) is 6.49. The molecule has 1 N–H and O–H groups in total. The molecule has 0 spiro atoms. The molecule has 1 saturated heterocycles. The van der Waals surface area contributed by atoms with Crippen LogP contribution in [0.3, 0.4) is 0 Å². The first-order valence-electron chi connectivity index (χ1n) is 9.73. The Morgan fingerprint density at radius 1 is 1.14 bits per heavy atom. The van der Waals surface area contributed by atoms with Crippen LogP contribution in [0, 0.1) is 13.8 Å². The Kier molecular flexibility index (Phi) is 4.92. The fourth-order valence-corrected chi connectivity index (χ4v) is 3.85. The molecule has 0 saturated carbocycles. The summed E-state index contributed by atoms with van der Waals surface area (Å²) in [6, 6.07) is 15.6. The van der Waals surface area contributed by atoms with Crippen LogP contribution in [0.25, 0.3) is 11.3 Å². The van der Waals surface area contributed by atoms with Crippen LogP contribution in [0.4, 0.5) is 5.69 Å². The average Bonchev–Trinajstić information content (AvgIpc) is 3.19. The maximum absolute atomic E-state index is 13.3. The van der Waals surface area contributed by atoms with Crippen molar-refractivity contribution in [2.45, 2.75) is 26.8 Å². The number of rotatable bonds is 3. The van der Waals surface area contributed by atoms with E-state index in [-0.39, 0.29) is 24.4 Å². The first kappa shape index (κ1) is 18.9. The normalized spacial score (nSPS) is 16.9. The summed E-state index contributed by atoms with van der Waals surface area (Å²) in [4.78, 5) is 29.6. The molecule has 1 aromatic heterocycles. The molecule has 1 fully saturated rings. The van der Waals surface area contributed by atoms with Crippen molar-refractivity contribution in [2.75, 3.05) is 18.0 Å². The predicted octanol–water partition coefficient (Wildman–Crippen LogP) is 3.57. The van der Waals surface area contributed by atoms with E-state index in [1.807, 2.05) is 69.3 Å². The second-order valence-electron chi connectivity index (χ2n) is 7.60. The van der Waals surface area contributed by atoms with Crippen LogP contribution in [0.15, 0.2) is 54.7 Å². The molecule has 1 aliphatic heterocycles. The highest BCUT2D eigenvalue weighted by molar-refractivity contribution is 6.04. The minimum absolute atomic E-state index is 0.0484. The van der Waals surface area contributed by atoms with Gasteiger partial charge in [-0.25, -0.2) is 0 Å². The van der Waals surface area contributed by atoms with Crippen molar-refractivity contribution in [3.63, 3.8) is 0 Å². The van der Waals surface area contributed by atoms with Crippen molar-refractivity contribution in [3.8, 4) is 11.3 Å². The number of nitrogens with one attached hydrogen (secondary N) is 1. The van der Waals surface area contributed by atoms with Gasteiger partial charge in [0.1, 0.15) is 6.54 Å². The van der Waals surface area contributed by atoms with E-state index in [1.54, 1.807) is 16.0 Å². The average molecular weight is 388 g/mol. The van der Waals surface area contributed by atoms with Gasteiger partial charge in [-0.05, 0) is 38.5 Å². The highest BCUT2D eigenvalue weighted by Gasteiger charge is 2.35. The number of H-pyrrole nitrogens is 1. The number of anilines is 1. The van der Waals surface area contributed by atoms with Gasteiger partial charge in [0.15, 0.2) is 0 Å². The first-order valence-corrected chi connectivity index (χ1v) is 9.73. The maximum atomic E-state index is 13.3. The van der Waals surface area contributed by atoms with Crippen molar-refractivity contribution in [1.29, 1.82) is 0 Å². The minimum Gasteiger partial charge on any atom is -0.325 e. The van der Waals surface area contributed by atoms with Gasteiger partial charge in [-0.15, -0.1) is 0 Å². The monoisotopic (exact) mass is 388 g/mol. The Bertz CT molecular complexity index is 1070. The molecule has 4 rings (SSSR count). The Labute approximate surface area is 170 Å². The molecule has 148 valence electrons. The SMILES string of the molecule is Cc1cccc(-c2[nH]ncc2C(=O)N2CC(=O)N(c3ccccc3C)C[C@H]2C)c1. The largest absolute Gasteiger partial charge is 0.325 e. The maximum Gasteiger partial charge on any atom is 0.258 e. The Hall–Kier alpha value is -3.41. The van der Waals surface area contributed by atoms with Gasteiger partial charge in [0, 0.05) is 23.8 Å². The standard InChI is InChI=1S/C23H24N4O2/c1-15-7-6-9-18(11-15)22-19(12-24-25-22)23(29)26-14-21(28)27(13-17(26)3)20-10-5-4-8-16(20)2/h4-12,17H,13-14H2,1-3H3,(H,24,25)/t17-/m1/s1. The molecule has 0 aliphatic carbocycles. The van der Waals surface area contributed by atoms with Crippen LogP contribution in [-0.2, 0) is 4.79 Å². The molecule has 6 nitrogen and oxygen atoms in total. The number of aromatic nitrogens is 2. The zero-order valence-electron chi connectivity index (χ0n) is 16.8. The lowest BCUT2D eigenvalue weighted by Crippen LogP contribution is -2.57. The number of aryl methyl sites for hydroxylation is 2. The van der Waals surface area contributed by atoms with Crippen LogP contribution < -0.4 is 4.90 Å². The minimum atomic E-state index is -0.180. The number of hydrogen-bond acceptors (Lipinski definition) is 3. The molecule has 2 aromatic carbocycles. The quantitative estimate of drug-likeness (QED) is 0.746. The zero-order valence-corrected chi connectivity index (χ0v) is 16.8. The van der Waals surface area contributed by atoms with E-state index in [9.17, 15) is 9.59 Å². The third kappa shape index (κ3) is 3.53. The van der Waals surface area contributed by atoms with Crippen molar-refractivity contribution in [3.05, 3.63) is 71.4 Å². The van der Waals surface area contributed by atoms with Gasteiger partial charge >= 0.3 is 0 Å². The van der Waals surface area contributed by atoms with Crippen LogP contribution in [0.2, 0.25) is 0 Å². The molecule has 1 aliphatic rings. The molecule has 0 unspecified atom stereocenters. The summed E-state index contributed by atoms with van der Waals surface area (Å²) in [5.41, 5.74) is 5.12. The Balaban J connectivity index is 1.60. The van der Waals surface area contributed by atoms with Gasteiger partial charge in [0.2, 0.25) is 5.91 Å². The van der Waals surface area contributed by atoms with Gasteiger partial charge in [-0.3, -0.25) is 14.7 Å². The highest BCUT2D eigenvalue weighted by atomic mass is 16.2. The van der Waals surface area contributed by atoms with E-state index < -0.39 is 0 Å². The summed E-state index contributed by atoms with van der Waals surface area (Å²) in [5, 5.41) is 7.04. The number of para-hydroxylation sites is 1. The fourth-order valence-electron chi connectivity index (χ4n) is 3.85. The summed E-state index contributed by atoms with van der Waals surface area (Å²) >= 11 is 0. The zero-order chi connectivity index (χ0) is 20.5. The molecule has 3 aromatic rings. The lowest BCUT2D eigenvalue weighted by molar-refractivity contribution is -0.121.